The van der Waals surface area contributed by atoms with E-state index in [0.29, 0.717) is 11.8 Å². The molecule has 1 saturated carbocycles. The van der Waals surface area contributed by atoms with E-state index in [4.69, 9.17) is 11.6 Å². The first-order valence-corrected chi connectivity index (χ1v) is 8.61. The van der Waals surface area contributed by atoms with Crippen LogP contribution in [0.15, 0.2) is 0 Å². The largest absolute Gasteiger partial charge is 0.214 e. The minimum atomic E-state index is -3.17. The van der Waals surface area contributed by atoms with Crippen LogP contribution in [-0.4, -0.2) is 25.6 Å². The van der Waals surface area contributed by atoms with Gasteiger partial charge in [-0.3, -0.25) is 0 Å². The molecule has 5 heteroatoms. The SMILES string of the molecule is CC(C)CC(CCl)NS(=O)(=O)C1CCCCC1. The molecule has 1 rings (SSSR count). The standard InChI is InChI=1S/C12H24ClNO2S/c1-10(2)8-11(9-13)14-17(15,16)12-6-4-3-5-7-12/h10-12,14H,3-9H2,1-2H3. The van der Waals surface area contributed by atoms with Crippen LogP contribution in [0.2, 0.25) is 0 Å². The zero-order valence-electron chi connectivity index (χ0n) is 10.8. The van der Waals surface area contributed by atoms with Crippen molar-refractivity contribution < 1.29 is 8.42 Å². The highest BCUT2D eigenvalue weighted by atomic mass is 35.5. The zero-order chi connectivity index (χ0) is 12.9. The molecule has 3 nitrogen and oxygen atoms in total. The fourth-order valence-electron chi connectivity index (χ4n) is 2.42. The Morgan fingerprint density at radius 2 is 1.82 bits per heavy atom. The quantitative estimate of drug-likeness (QED) is 0.761. The molecular formula is C12H24ClNO2S. The van der Waals surface area contributed by atoms with Gasteiger partial charge in [-0.2, -0.15) is 0 Å². The Kier molecular flexibility index (Phi) is 6.24. The third kappa shape index (κ3) is 5.14. The first-order chi connectivity index (χ1) is 7.95. The minimum absolute atomic E-state index is 0.122. The van der Waals surface area contributed by atoms with Crippen LogP contribution in [-0.2, 0) is 10.0 Å². The zero-order valence-corrected chi connectivity index (χ0v) is 12.4. The number of hydrogen-bond acceptors (Lipinski definition) is 2. The number of sulfonamides is 1. The molecule has 1 aliphatic rings. The average molecular weight is 282 g/mol. The summed E-state index contributed by atoms with van der Waals surface area (Å²) in [6.07, 6.45) is 5.62. The number of halogens is 1. The smallest absolute Gasteiger partial charge is 0.212 e. The Morgan fingerprint density at radius 1 is 1.24 bits per heavy atom. The molecule has 0 radical (unpaired) electrons. The van der Waals surface area contributed by atoms with Gasteiger partial charge in [0.2, 0.25) is 10.0 Å². The van der Waals surface area contributed by atoms with Crippen molar-refractivity contribution in [2.75, 3.05) is 5.88 Å². The lowest BCUT2D eigenvalue weighted by Crippen LogP contribution is -2.43. The molecule has 0 aromatic carbocycles. The van der Waals surface area contributed by atoms with Crippen molar-refractivity contribution in [1.29, 1.82) is 0 Å². The lowest BCUT2D eigenvalue weighted by molar-refractivity contribution is 0.454. The molecule has 102 valence electrons. The molecule has 1 unspecified atom stereocenters. The van der Waals surface area contributed by atoms with Crippen molar-refractivity contribution in [2.45, 2.75) is 63.7 Å². The van der Waals surface area contributed by atoms with Gasteiger partial charge in [-0.05, 0) is 25.2 Å². The Balaban J connectivity index is 2.56. The maximum atomic E-state index is 12.2. The van der Waals surface area contributed by atoms with Crippen LogP contribution >= 0.6 is 11.6 Å². The Hall–Kier alpha value is 0.200. The summed E-state index contributed by atoms with van der Waals surface area (Å²) < 4.78 is 27.1. The van der Waals surface area contributed by atoms with Crippen molar-refractivity contribution in [1.82, 2.24) is 4.72 Å². The maximum Gasteiger partial charge on any atom is 0.214 e. The molecule has 0 heterocycles. The van der Waals surface area contributed by atoms with Crippen molar-refractivity contribution in [3.63, 3.8) is 0 Å². The highest BCUT2D eigenvalue weighted by molar-refractivity contribution is 7.90. The molecular weight excluding hydrogens is 258 g/mol. The summed E-state index contributed by atoms with van der Waals surface area (Å²) in [4.78, 5) is 0. The van der Waals surface area contributed by atoms with E-state index in [1.54, 1.807) is 0 Å². The molecule has 0 aliphatic heterocycles. The number of hydrogen-bond donors (Lipinski definition) is 1. The third-order valence-electron chi connectivity index (χ3n) is 3.26. The number of nitrogens with one attached hydrogen (secondary N) is 1. The van der Waals surface area contributed by atoms with Crippen molar-refractivity contribution in [3.05, 3.63) is 0 Å². The Bertz CT molecular complexity index is 310. The minimum Gasteiger partial charge on any atom is -0.212 e. The monoisotopic (exact) mass is 281 g/mol. The molecule has 0 aromatic rings. The lowest BCUT2D eigenvalue weighted by atomic mass is 10.0. The summed E-state index contributed by atoms with van der Waals surface area (Å²) >= 11 is 5.83. The molecule has 0 spiro atoms. The second-order valence-corrected chi connectivity index (χ2v) is 7.70. The van der Waals surface area contributed by atoms with E-state index in [0.717, 1.165) is 38.5 Å². The number of alkyl halides is 1. The van der Waals surface area contributed by atoms with E-state index in [1.165, 1.54) is 0 Å². The predicted octanol–water partition coefficient (Wildman–Crippen LogP) is 2.89. The summed E-state index contributed by atoms with van der Waals surface area (Å²) in [6.45, 7) is 4.16. The normalized spacial score (nSPS) is 20.7. The lowest BCUT2D eigenvalue weighted by Gasteiger charge is -2.25. The van der Waals surface area contributed by atoms with E-state index in [9.17, 15) is 8.42 Å². The Morgan fingerprint density at radius 3 is 2.29 bits per heavy atom. The molecule has 0 aromatic heterocycles. The molecule has 0 bridgehead atoms. The second kappa shape index (κ2) is 6.95. The number of rotatable bonds is 6. The van der Waals surface area contributed by atoms with Crippen LogP contribution in [0, 0.1) is 5.92 Å². The fraction of sp³-hybridized carbons (Fsp3) is 1.00. The van der Waals surface area contributed by atoms with Gasteiger partial charge >= 0.3 is 0 Å². The van der Waals surface area contributed by atoms with Crippen molar-refractivity contribution in [2.24, 2.45) is 5.92 Å². The molecule has 1 aliphatic carbocycles. The van der Waals surface area contributed by atoms with Crippen LogP contribution in [0.25, 0.3) is 0 Å². The van der Waals surface area contributed by atoms with E-state index in [1.807, 2.05) is 0 Å². The van der Waals surface area contributed by atoms with Gasteiger partial charge < -0.3 is 0 Å². The van der Waals surface area contributed by atoms with Gasteiger partial charge in [0, 0.05) is 11.9 Å². The van der Waals surface area contributed by atoms with E-state index in [2.05, 4.69) is 18.6 Å². The second-order valence-electron chi connectivity index (χ2n) is 5.40. The van der Waals surface area contributed by atoms with E-state index >= 15 is 0 Å². The summed E-state index contributed by atoms with van der Waals surface area (Å²) in [6, 6.07) is -0.122. The van der Waals surface area contributed by atoms with Gasteiger partial charge in [0.1, 0.15) is 0 Å². The topological polar surface area (TPSA) is 46.2 Å². The van der Waals surface area contributed by atoms with Gasteiger partial charge in [-0.1, -0.05) is 33.1 Å². The van der Waals surface area contributed by atoms with E-state index < -0.39 is 10.0 Å². The van der Waals surface area contributed by atoms with Gasteiger partial charge in [-0.15, -0.1) is 11.6 Å². The first kappa shape index (κ1) is 15.3. The molecule has 0 amide bonds. The molecule has 1 atom stereocenters. The van der Waals surface area contributed by atoms with Crippen LogP contribution in [0.4, 0.5) is 0 Å². The first-order valence-electron chi connectivity index (χ1n) is 6.53. The molecule has 1 fully saturated rings. The van der Waals surface area contributed by atoms with Gasteiger partial charge in [0.05, 0.1) is 5.25 Å². The van der Waals surface area contributed by atoms with Gasteiger partial charge in [-0.25, -0.2) is 13.1 Å². The average Bonchev–Trinajstić information content (AvgIpc) is 2.28. The van der Waals surface area contributed by atoms with Crippen molar-refractivity contribution >= 4 is 21.6 Å². The molecule has 17 heavy (non-hydrogen) atoms. The highest BCUT2D eigenvalue weighted by Crippen LogP contribution is 2.23. The molecule has 0 saturated heterocycles. The summed E-state index contributed by atoms with van der Waals surface area (Å²) in [5.74, 6) is 0.803. The Labute approximate surface area is 110 Å². The van der Waals surface area contributed by atoms with Crippen LogP contribution in [0.1, 0.15) is 52.4 Å². The van der Waals surface area contributed by atoms with Crippen LogP contribution in [0.5, 0.6) is 0 Å². The van der Waals surface area contributed by atoms with Crippen molar-refractivity contribution in [3.8, 4) is 0 Å². The van der Waals surface area contributed by atoms with E-state index in [-0.39, 0.29) is 11.3 Å². The van der Waals surface area contributed by atoms with Crippen LogP contribution < -0.4 is 4.72 Å². The predicted molar refractivity (Wildman–Crippen MR) is 72.9 cm³/mol. The summed E-state index contributed by atoms with van der Waals surface area (Å²) in [7, 11) is -3.17. The third-order valence-corrected chi connectivity index (χ3v) is 5.65. The van der Waals surface area contributed by atoms with Crippen LogP contribution in [0.3, 0.4) is 0 Å². The summed E-state index contributed by atoms with van der Waals surface area (Å²) in [5.41, 5.74) is 0. The maximum absolute atomic E-state index is 12.2. The highest BCUT2D eigenvalue weighted by Gasteiger charge is 2.29. The summed E-state index contributed by atoms with van der Waals surface area (Å²) in [5, 5.41) is -0.200. The fourth-order valence-corrected chi connectivity index (χ4v) is 4.50. The molecule has 1 N–H and O–H groups in total. The van der Waals surface area contributed by atoms with Gasteiger partial charge in [0.25, 0.3) is 0 Å². The van der Waals surface area contributed by atoms with Gasteiger partial charge in [0.15, 0.2) is 0 Å².